The monoisotopic (exact) mass is 282 g/mol. The molecule has 1 saturated heterocycles. The number of nitro benzene ring substituents is 1. The normalized spacial score (nSPS) is 20.2. The maximum atomic E-state index is 10.8. The first-order valence-corrected chi connectivity index (χ1v) is 7.33. The Labute approximate surface area is 116 Å². The number of hydrogen-bond acceptors (Lipinski definition) is 6. The highest BCUT2D eigenvalue weighted by Crippen LogP contribution is 2.25. The van der Waals surface area contributed by atoms with E-state index in [4.69, 9.17) is 5.84 Å². The van der Waals surface area contributed by atoms with E-state index >= 15 is 0 Å². The van der Waals surface area contributed by atoms with Gasteiger partial charge < -0.3 is 5.43 Å². The lowest BCUT2D eigenvalue weighted by atomic mass is 10.1. The predicted octanol–water partition coefficient (Wildman–Crippen LogP) is 1.82. The molecule has 1 atom stereocenters. The first-order chi connectivity index (χ1) is 9.11. The molecule has 3 N–H and O–H groups in total. The molecule has 1 aromatic rings. The molecule has 1 aliphatic rings. The van der Waals surface area contributed by atoms with E-state index < -0.39 is 0 Å². The van der Waals surface area contributed by atoms with E-state index in [1.54, 1.807) is 12.1 Å². The molecule has 7 heteroatoms. The van der Waals surface area contributed by atoms with Crippen LogP contribution in [0.2, 0.25) is 0 Å². The van der Waals surface area contributed by atoms with Crippen molar-refractivity contribution in [2.75, 3.05) is 23.5 Å². The number of non-ortho nitro benzene ring substituents is 1. The lowest BCUT2D eigenvalue weighted by Crippen LogP contribution is -2.39. The van der Waals surface area contributed by atoms with Gasteiger partial charge in [-0.15, -0.1) is 0 Å². The van der Waals surface area contributed by atoms with Gasteiger partial charge in [0, 0.05) is 42.8 Å². The van der Waals surface area contributed by atoms with Crippen molar-refractivity contribution in [3.05, 3.63) is 33.9 Å². The molecule has 0 bridgehead atoms. The van der Waals surface area contributed by atoms with E-state index in [0.29, 0.717) is 12.6 Å². The number of nitrogens with two attached hydrogens (primary N) is 1. The molecule has 19 heavy (non-hydrogen) atoms. The Bertz CT molecular complexity index is 469. The molecule has 104 valence electrons. The standard InChI is InChI=1S/C12H18N4O2S/c1-9-8-19-5-4-15(9)7-10-6-11(16(17)18)2-3-12(10)14-13/h2-3,6,9,14H,4-5,7-8,13H2,1H3. The average molecular weight is 282 g/mol. The van der Waals surface area contributed by atoms with Gasteiger partial charge in [-0.05, 0) is 18.6 Å². The third-order valence-corrected chi connectivity index (χ3v) is 4.52. The SMILES string of the molecule is CC1CSCCN1Cc1cc([N+](=O)[O-])ccc1NN. The van der Waals surface area contributed by atoms with E-state index in [2.05, 4.69) is 17.2 Å². The summed E-state index contributed by atoms with van der Waals surface area (Å²) in [7, 11) is 0. The van der Waals surface area contributed by atoms with Crippen LogP contribution in [0.4, 0.5) is 11.4 Å². The molecule has 2 rings (SSSR count). The highest BCUT2D eigenvalue weighted by Gasteiger charge is 2.20. The van der Waals surface area contributed by atoms with Crippen LogP contribution in [0.5, 0.6) is 0 Å². The molecule has 0 amide bonds. The number of thioether (sulfide) groups is 1. The van der Waals surface area contributed by atoms with Crippen molar-refractivity contribution in [2.45, 2.75) is 19.5 Å². The molecule has 1 unspecified atom stereocenters. The van der Waals surface area contributed by atoms with Crippen molar-refractivity contribution in [1.82, 2.24) is 4.90 Å². The van der Waals surface area contributed by atoms with Crippen molar-refractivity contribution in [3.8, 4) is 0 Å². The summed E-state index contributed by atoms with van der Waals surface area (Å²) in [4.78, 5) is 12.8. The Morgan fingerprint density at radius 1 is 1.63 bits per heavy atom. The molecule has 0 aromatic heterocycles. The minimum absolute atomic E-state index is 0.105. The van der Waals surface area contributed by atoms with Crippen LogP contribution < -0.4 is 11.3 Å². The largest absolute Gasteiger partial charge is 0.324 e. The van der Waals surface area contributed by atoms with Gasteiger partial charge in [0.25, 0.3) is 5.69 Å². The minimum atomic E-state index is -0.376. The van der Waals surface area contributed by atoms with Crippen LogP contribution in [0.25, 0.3) is 0 Å². The van der Waals surface area contributed by atoms with Crippen molar-refractivity contribution in [1.29, 1.82) is 0 Å². The lowest BCUT2D eigenvalue weighted by Gasteiger charge is -2.33. The van der Waals surface area contributed by atoms with E-state index in [0.717, 1.165) is 29.3 Å². The second-order valence-corrected chi connectivity index (χ2v) is 5.79. The quantitative estimate of drug-likeness (QED) is 0.498. The number of nitro groups is 1. The summed E-state index contributed by atoms with van der Waals surface area (Å²) in [5, 5.41) is 10.8. The van der Waals surface area contributed by atoms with Gasteiger partial charge in [-0.1, -0.05) is 0 Å². The highest BCUT2D eigenvalue weighted by molar-refractivity contribution is 7.99. The summed E-state index contributed by atoms with van der Waals surface area (Å²) in [6.45, 7) is 3.86. The first kappa shape index (κ1) is 14.1. The zero-order chi connectivity index (χ0) is 13.8. The summed E-state index contributed by atoms with van der Waals surface area (Å²) in [6.07, 6.45) is 0. The number of nitrogen functional groups attached to an aromatic ring is 1. The minimum Gasteiger partial charge on any atom is -0.324 e. The Hall–Kier alpha value is -1.31. The van der Waals surface area contributed by atoms with Crippen molar-refractivity contribution in [2.24, 2.45) is 5.84 Å². The fourth-order valence-electron chi connectivity index (χ4n) is 2.18. The maximum absolute atomic E-state index is 10.8. The molecule has 0 spiro atoms. The van der Waals surface area contributed by atoms with E-state index in [1.807, 2.05) is 11.8 Å². The van der Waals surface area contributed by atoms with Gasteiger partial charge in [-0.25, -0.2) is 0 Å². The average Bonchev–Trinajstić information content (AvgIpc) is 2.41. The molecule has 0 saturated carbocycles. The maximum Gasteiger partial charge on any atom is 0.269 e. The van der Waals surface area contributed by atoms with Gasteiger partial charge in [-0.2, -0.15) is 11.8 Å². The summed E-state index contributed by atoms with van der Waals surface area (Å²) in [5.74, 6) is 7.67. The number of nitrogens with one attached hydrogen (secondary N) is 1. The summed E-state index contributed by atoms with van der Waals surface area (Å²) in [5.41, 5.74) is 4.33. The van der Waals surface area contributed by atoms with Crippen molar-refractivity contribution in [3.63, 3.8) is 0 Å². The van der Waals surface area contributed by atoms with Gasteiger partial charge in [0.15, 0.2) is 0 Å². The third-order valence-electron chi connectivity index (χ3n) is 3.33. The van der Waals surface area contributed by atoms with E-state index in [1.165, 1.54) is 6.07 Å². The van der Waals surface area contributed by atoms with Gasteiger partial charge in [0.05, 0.1) is 10.6 Å². The second kappa shape index (κ2) is 6.23. The van der Waals surface area contributed by atoms with Gasteiger partial charge in [0.1, 0.15) is 0 Å². The first-order valence-electron chi connectivity index (χ1n) is 6.17. The summed E-state index contributed by atoms with van der Waals surface area (Å²) in [6, 6.07) is 5.21. The van der Waals surface area contributed by atoms with Crippen LogP contribution in [0, 0.1) is 10.1 Å². The molecular formula is C12H18N4O2S. The molecule has 1 fully saturated rings. The van der Waals surface area contributed by atoms with Crippen LogP contribution in [0.1, 0.15) is 12.5 Å². The zero-order valence-corrected chi connectivity index (χ0v) is 11.7. The fraction of sp³-hybridized carbons (Fsp3) is 0.500. The van der Waals surface area contributed by atoms with Gasteiger partial charge in [-0.3, -0.25) is 20.9 Å². The lowest BCUT2D eigenvalue weighted by molar-refractivity contribution is -0.384. The topological polar surface area (TPSA) is 84.4 Å². The Morgan fingerprint density at radius 2 is 2.42 bits per heavy atom. The number of benzene rings is 1. The zero-order valence-electron chi connectivity index (χ0n) is 10.8. The second-order valence-electron chi connectivity index (χ2n) is 4.64. The molecule has 1 heterocycles. The highest BCUT2D eigenvalue weighted by atomic mass is 32.2. The Morgan fingerprint density at radius 3 is 3.05 bits per heavy atom. The van der Waals surface area contributed by atoms with Crippen LogP contribution in [0.3, 0.4) is 0 Å². The smallest absolute Gasteiger partial charge is 0.269 e. The van der Waals surface area contributed by atoms with E-state index in [-0.39, 0.29) is 10.6 Å². The molecule has 0 radical (unpaired) electrons. The molecule has 0 aliphatic carbocycles. The number of hydrazine groups is 1. The number of hydrogen-bond donors (Lipinski definition) is 2. The summed E-state index contributed by atoms with van der Waals surface area (Å²) < 4.78 is 0. The Kier molecular flexibility index (Phi) is 4.62. The van der Waals surface area contributed by atoms with Crippen LogP contribution in [-0.4, -0.2) is 33.9 Å². The van der Waals surface area contributed by atoms with Crippen LogP contribution in [-0.2, 0) is 6.54 Å². The Balaban J connectivity index is 2.21. The number of nitrogens with zero attached hydrogens (tertiary/aromatic N) is 2. The van der Waals surface area contributed by atoms with Gasteiger partial charge >= 0.3 is 0 Å². The van der Waals surface area contributed by atoms with E-state index in [9.17, 15) is 10.1 Å². The molecule has 1 aliphatic heterocycles. The van der Waals surface area contributed by atoms with Crippen molar-refractivity contribution < 1.29 is 4.92 Å². The van der Waals surface area contributed by atoms with Crippen LogP contribution in [0.15, 0.2) is 18.2 Å². The predicted molar refractivity (Wildman–Crippen MR) is 78.1 cm³/mol. The summed E-state index contributed by atoms with van der Waals surface area (Å²) >= 11 is 1.95. The molecular weight excluding hydrogens is 264 g/mol. The number of anilines is 1. The molecule has 1 aromatic carbocycles. The molecule has 6 nitrogen and oxygen atoms in total. The van der Waals surface area contributed by atoms with Crippen LogP contribution >= 0.6 is 11.8 Å². The third kappa shape index (κ3) is 3.37. The number of rotatable bonds is 4. The fourth-order valence-corrected chi connectivity index (χ4v) is 3.26. The van der Waals surface area contributed by atoms with Gasteiger partial charge in [0.2, 0.25) is 0 Å². The van der Waals surface area contributed by atoms with Crippen molar-refractivity contribution >= 4 is 23.1 Å².